The molecule has 1 saturated heterocycles. The lowest BCUT2D eigenvalue weighted by molar-refractivity contribution is 0.0305. The summed E-state index contributed by atoms with van der Waals surface area (Å²) in [5.74, 6) is 0.326. The van der Waals surface area contributed by atoms with Crippen molar-refractivity contribution in [2.75, 3.05) is 19.6 Å². The number of benzene rings is 2. The molecule has 0 saturated carbocycles. The number of hydrogen-bond acceptors (Lipinski definition) is 3. The van der Waals surface area contributed by atoms with Gasteiger partial charge in [-0.3, -0.25) is 9.80 Å². The highest BCUT2D eigenvalue weighted by atomic mass is 16.3. The molecule has 0 amide bonds. The maximum atomic E-state index is 10.1. The first-order chi connectivity index (χ1) is 12.5. The molecule has 3 nitrogen and oxygen atoms in total. The number of phenolic OH excluding ortho intramolecular Hbond substituents is 1. The summed E-state index contributed by atoms with van der Waals surface area (Å²) in [6.07, 6.45) is 1.99. The van der Waals surface area contributed by atoms with E-state index >= 15 is 0 Å². The van der Waals surface area contributed by atoms with Gasteiger partial charge in [0.25, 0.3) is 0 Å². The van der Waals surface area contributed by atoms with Crippen LogP contribution >= 0.6 is 0 Å². The van der Waals surface area contributed by atoms with Crippen LogP contribution in [0.4, 0.5) is 0 Å². The molecule has 0 bridgehead atoms. The summed E-state index contributed by atoms with van der Waals surface area (Å²) in [4.78, 5) is 5.08. The van der Waals surface area contributed by atoms with Gasteiger partial charge in [0.05, 0.1) is 6.04 Å². The van der Waals surface area contributed by atoms with Gasteiger partial charge in [-0.15, -0.1) is 6.58 Å². The Morgan fingerprint density at radius 3 is 2.58 bits per heavy atom. The van der Waals surface area contributed by atoms with E-state index in [4.69, 9.17) is 0 Å². The summed E-state index contributed by atoms with van der Waals surface area (Å²) in [7, 11) is 0. The fraction of sp³-hybridized carbons (Fsp3) is 0.391. The van der Waals surface area contributed by atoms with Crippen molar-refractivity contribution in [2.45, 2.75) is 38.9 Å². The zero-order valence-electron chi connectivity index (χ0n) is 16.1. The molecule has 2 aromatic rings. The van der Waals surface area contributed by atoms with Gasteiger partial charge in [-0.2, -0.15) is 0 Å². The van der Waals surface area contributed by atoms with Crippen LogP contribution < -0.4 is 0 Å². The summed E-state index contributed by atoms with van der Waals surface area (Å²) >= 11 is 0. The Morgan fingerprint density at radius 2 is 1.88 bits per heavy atom. The van der Waals surface area contributed by atoms with Crippen LogP contribution in [0.1, 0.15) is 36.6 Å². The van der Waals surface area contributed by atoms with E-state index in [1.807, 2.05) is 18.2 Å². The zero-order chi connectivity index (χ0) is 18.7. The highest BCUT2D eigenvalue weighted by Gasteiger charge is 2.34. The van der Waals surface area contributed by atoms with E-state index in [9.17, 15) is 5.11 Å². The van der Waals surface area contributed by atoms with Crippen LogP contribution in [0.3, 0.4) is 0 Å². The number of nitrogens with zero attached hydrogens (tertiary/aromatic N) is 2. The average Bonchev–Trinajstić information content (AvgIpc) is 2.61. The SMILES string of the molecule is C=CCN1C[C@H](C)N([C@H](c2cccc(O)c2)c2ccccc2C)C[C@H]1C. The molecule has 0 radical (unpaired) electrons. The first-order valence-corrected chi connectivity index (χ1v) is 9.46. The first-order valence-electron chi connectivity index (χ1n) is 9.46. The van der Waals surface area contributed by atoms with Gasteiger partial charge in [-0.25, -0.2) is 0 Å². The molecule has 0 spiro atoms. The van der Waals surface area contributed by atoms with Crippen molar-refractivity contribution in [3.8, 4) is 5.75 Å². The van der Waals surface area contributed by atoms with Gasteiger partial charge in [-0.1, -0.05) is 42.5 Å². The highest BCUT2D eigenvalue weighted by molar-refractivity contribution is 5.40. The summed E-state index contributed by atoms with van der Waals surface area (Å²) in [5, 5.41) is 10.1. The fourth-order valence-electron chi connectivity index (χ4n) is 4.14. The normalized spacial score (nSPS) is 22.9. The molecule has 1 aliphatic heterocycles. The Kier molecular flexibility index (Phi) is 5.80. The van der Waals surface area contributed by atoms with E-state index in [2.05, 4.69) is 67.5 Å². The van der Waals surface area contributed by atoms with E-state index in [0.29, 0.717) is 17.8 Å². The topological polar surface area (TPSA) is 26.7 Å². The molecule has 1 fully saturated rings. The van der Waals surface area contributed by atoms with Crippen molar-refractivity contribution in [1.29, 1.82) is 0 Å². The van der Waals surface area contributed by atoms with Crippen LogP contribution in [0, 0.1) is 6.92 Å². The van der Waals surface area contributed by atoms with E-state index in [1.165, 1.54) is 11.1 Å². The minimum Gasteiger partial charge on any atom is -0.508 e. The summed E-state index contributed by atoms with van der Waals surface area (Å²) in [6.45, 7) is 13.6. The minimum atomic E-state index is 0.145. The van der Waals surface area contributed by atoms with Crippen LogP contribution in [-0.4, -0.2) is 46.6 Å². The van der Waals surface area contributed by atoms with Crippen molar-refractivity contribution >= 4 is 0 Å². The number of rotatable bonds is 5. The van der Waals surface area contributed by atoms with Crippen LogP contribution in [0.25, 0.3) is 0 Å². The molecule has 0 aliphatic carbocycles. The van der Waals surface area contributed by atoms with Crippen molar-refractivity contribution in [3.05, 3.63) is 77.9 Å². The number of aryl methyl sites for hydroxylation is 1. The van der Waals surface area contributed by atoms with Gasteiger partial charge in [0.2, 0.25) is 0 Å². The third kappa shape index (κ3) is 3.84. The Bertz CT molecular complexity index is 757. The van der Waals surface area contributed by atoms with Crippen LogP contribution in [-0.2, 0) is 0 Å². The van der Waals surface area contributed by atoms with Gasteiger partial charge < -0.3 is 5.11 Å². The number of aromatic hydroxyl groups is 1. The van der Waals surface area contributed by atoms with Crippen molar-refractivity contribution in [2.24, 2.45) is 0 Å². The van der Waals surface area contributed by atoms with E-state index in [-0.39, 0.29) is 6.04 Å². The van der Waals surface area contributed by atoms with E-state index in [0.717, 1.165) is 25.2 Å². The fourth-order valence-corrected chi connectivity index (χ4v) is 4.14. The molecular formula is C23H30N2O. The van der Waals surface area contributed by atoms with E-state index < -0.39 is 0 Å². The van der Waals surface area contributed by atoms with Crippen LogP contribution in [0.15, 0.2) is 61.2 Å². The van der Waals surface area contributed by atoms with Gasteiger partial charge in [0.15, 0.2) is 0 Å². The smallest absolute Gasteiger partial charge is 0.115 e. The predicted octanol–water partition coefficient (Wildman–Crippen LogP) is 4.37. The largest absolute Gasteiger partial charge is 0.508 e. The minimum absolute atomic E-state index is 0.145. The highest BCUT2D eigenvalue weighted by Crippen LogP contribution is 2.35. The molecule has 1 heterocycles. The van der Waals surface area contributed by atoms with Crippen LogP contribution in [0.2, 0.25) is 0 Å². The molecule has 2 aromatic carbocycles. The Balaban J connectivity index is 2.01. The number of piperazine rings is 1. The van der Waals surface area contributed by atoms with Gasteiger partial charge >= 0.3 is 0 Å². The molecule has 1 aliphatic rings. The molecule has 3 heteroatoms. The maximum absolute atomic E-state index is 10.1. The molecule has 26 heavy (non-hydrogen) atoms. The second kappa shape index (κ2) is 8.07. The Hall–Kier alpha value is -2.10. The lowest BCUT2D eigenvalue weighted by Crippen LogP contribution is -2.57. The summed E-state index contributed by atoms with van der Waals surface area (Å²) in [6, 6.07) is 17.3. The number of phenols is 1. The molecule has 0 aromatic heterocycles. The van der Waals surface area contributed by atoms with Gasteiger partial charge in [0, 0.05) is 31.7 Å². The third-order valence-corrected chi connectivity index (χ3v) is 5.53. The Morgan fingerprint density at radius 1 is 1.12 bits per heavy atom. The molecule has 1 N–H and O–H groups in total. The first kappa shape index (κ1) is 18.7. The molecule has 138 valence electrons. The molecule has 3 atom stereocenters. The second-order valence-corrected chi connectivity index (χ2v) is 7.49. The lowest BCUT2D eigenvalue weighted by Gasteiger charge is -2.47. The average molecular weight is 351 g/mol. The lowest BCUT2D eigenvalue weighted by atomic mass is 9.91. The second-order valence-electron chi connectivity index (χ2n) is 7.49. The zero-order valence-corrected chi connectivity index (χ0v) is 16.1. The van der Waals surface area contributed by atoms with Crippen molar-refractivity contribution in [3.63, 3.8) is 0 Å². The third-order valence-electron chi connectivity index (χ3n) is 5.53. The Labute approximate surface area is 157 Å². The summed E-state index contributed by atoms with van der Waals surface area (Å²) in [5.41, 5.74) is 3.75. The number of hydrogen-bond donors (Lipinski definition) is 1. The summed E-state index contributed by atoms with van der Waals surface area (Å²) < 4.78 is 0. The quantitative estimate of drug-likeness (QED) is 0.811. The van der Waals surface area contributed by atoms with E-state index in [1.54, 1.807) is 6.07 Å². The molecule has 3 rings (SSSR count). The van der Waals surface area contributed by atoms with Gasteiger partial charge in [0.1, 0.15) is 5.75 Å². The molecular weight excluding hydrogens is 320 g/mol. The maximum Gasteiger partial charge on any atom is 0.115 e. The standard InChI is InChI=1S/C23H30N2O/c1-5-13-24-15-19(4)25(16-18(24)3)23(20-10-8-11-21(26)14-20)22-12-7-6-9-17(22)2/h5-12,14,18-19,23,26H,1,13,15-16H2,2-4H3/t18-,19+,23-/m1/s1. The van der Waals surface area contributed by atoms with Gasteiger partial charge in [-0.05, 0) is 49.6 Å². The molecule has 0 unspecified atom stereocenters. The van der Waals surface area contributed by atoms with Crippen molar-refractivity contribution < 1.29 is 5.11 Å². The van der Waals surface area contributed by atoms with Crippen molar-refractivity contribution in [1.82, 2.24) is 9.80 Å². The van der Waals surface area contributed by atoms with Crippen LogP contribution in [0.5, 0.6) is 5.75 Å². The monoisotopic (exact) mass is 350 g/mol. The predicted molar refractivity (Wildman–Crippen MR) is 109 cm³/mol.